The molecule has 11 heteroatoms. The third kappa shape index (κ3) is 7.85. The van der Waals surface area contributed by atoms with Crippen LogP contribution >= 0.6 is 45.3 Å². The van der Waals surface area contributed by atoms with Crippen LogP contribution in [0.1, 0.15) is 0 Å². The van der Waals surface area contributed by atoms with E-state index in [0.717, 1.165) is 99.3 Å². The summed E-state index contributed by atoms with van der Waals surface area (Å²) in [5.74, 6) is 1.19. The Hall–Kier alpha value is -12.5. The number of para-hydroxylation sites is 4. The first-order chi connectivity index (χ1) is 51.1. The molecule has 15 aromatic carbocycles. The topological polar surface area (TPSA) is 74.6 Å². The number of hydrogen-bond donors (Lipinski definition) is 0. The molecule has 0 unspecified atom stereocenters. The molecule has 0 amide bonds. The van der Waals surface area contributed by atoms with Gasteiger partial charge in [-0.1, -0.05) is 218 Å². The van der Waals surface area contributed by atoms with Crippen LogP contribution in [0.5, 0.6) is 0 Å². The van der Waals surface area contributed by atoms with E-state index in [9.17, 15) is 0 Å². The lowest BCUT2D eigenvalue weighted by atomic mass is 9.94. The number of fused-ring (bicyclic) bond motifs is 32. The van der Waals surface area contributed by atoms with Crippen LogP contribution in [0.15, 0.2) is 296 Å². The quantitative estimate of drug-likeness (QED) is 0.166. The van der Waals surface area contributed by atoms with Crippen molar-refractivity contribution >= 4 is 224 Å². The van der Waals surface area contributed by atoms with E-state index in [-0.39, 0.29) is 0 Å². The Morgan fingerprint density at radius 2 is 0.757 bits per heavy atom. The number of nitrogens with zero attached hydrogens (tertiary/aromatic N) is 6. The van der Waals surface area contributed by atoms with Crippen LogP contribution in [0.3, 0.4) is 0 Å². The molecule has 24 rings (SSSR count). The molecule has 0 bridgehead atoms. The maximum Gasteiger partial charge on any atom is 0.238 e. The third-order valence-electron chi connectivity index (χ3n) is 21.5. The highest BCUT2D eigenvalue weighted by molar-refractivity contribution is 7.34. The minimum Gasteiger partial charge on any atom is -0.437 e. The van der Waals surface area contributed by atoms with Crippen LogP contribution in [0.25, 0.3) is 235 Å². The number of aromatic nitrogens is 6. The fourth-order valence-electron chi connectivity index (χ4n) is 17.2. The van der Waals surface area contributed by atoms with Gasteiger partial charge in [0.2, 0.25) is 17.6 Å². The lowest BCUT2D eigenvalue weighted by Gasteiger charge is -2.13. The normalized spacial score (nSPS) is 12.5. The summed E-state index contributed by atoms with van der Waals surface area (Å²) < 4.78 is 21.7. The molecule has 9 aromatic heterocycles. The van der Waals surface area contributed by atoms with Crippen molar-refractivity contribution in [1.29, 1.82) is 0 Å². The first kappa shape index (κ1) is 56.3. The fraction of sp³-hybridized carbons (Fsp3) is 0. The predicted octanol–water partition coefficient (Wildman–Crippen LogP) is 27.0. The molecule has 0 aliphatic carbocycles. The maximum absolute atomic E-state index is 6.92. The number of hydrogen-bond acceptors (Lipinski definition) is 9. The molecular weight excluding hydrogens is 1330 g/mol. The molecule has 24 aromatic rings. The average Bonchev–Trinajstić information content (AvgIpc) is 1.54. The minimum absolute atomic E-state index is 0.541. The summed E-state index contributed by atoms with van der Waals surface area (Å²) in [6.07, 6.45) is 0. The van der Waals surface area contributed by atoms with Crippen LogP contribution in [0.4, 0.5) is 0 Å². The Morgan fingerprint density at radius 1 is 0.243 bits per heavy atom. The Bertz CT molecular complexity index is 7880. The summed E-state index contributed by atoms with van der Waals surface area (Å²) in [7, 11) is 0. The highest BCUT2D eigenvalue weighted by Crippen LogP contribution is 2.55. The molecule has 0 fully saturated rings. The van der Waals surface area contributed by atoms with E-state index in [1.165, 1.54) is 119 Å². The number of thiophene rings is 4. The molecule has 0 aliphatic heterocycles. The van der Waals surface area contributed by atoms with Gasteiger partial charge in [-0.2, -0.15) is 4.98 Å². The van der Waals surface area contributed by atoms with Crippen molar-refractivity contribution in [1.82, 2.24) is 29.1 Å². The van der Waals surface area contributed by atoms with Crippen molar-refractivity contribution in [3.8, 4) is 56.7 Å². The number of furan rings is 1. The van der Waals surface area contributed by atoms with Crippen LogP contribution < -0.4 is 0 Å². The zero-order valence-electron chi connectivity index (χ0n) is 54.4. The smallest absolute Gasteiger partial charge is 0.238 e. The molecule has 0 saturated heterocycles. The van der Waals surface area contributed by atoms with Crippen LogP contribution in [-0.4, -0.2) is 29.1 Å². The van der Waals surface area contributed by atoms with Gasteiger partial charge in [-0.05, 0) is 106 Å². The molecule has 0 aliphatic rings. The van der Waals surface area contributed by atoms with Gasteiger partial charge in [0.25, 0.3) is 0 Å². The molecule has 0 N–H and O–H groups in total. The van der Waals surface area contributed by atoms with Gasteiger partial charge >= 0.3 is 0 Å². The van der Waals surface area contributed by atoms with Crippen LogP contribution in [-0.2, 0) is 0 Å². The predicted molar refractivity (Wildman–Crippen MR) is 439 cm³/mol. The van der Waals surface area contributed by atoms with E-state index < -0.39 is 0 Å². The molecule has 0 atom stereocenters. The Balaban J connectivity index is 0.722. The SMILES string of the molecule is c1ccc(-c2ccc(-c3nc(-n4c5ccccc5c5c6c(ccc54)c4c5cc(-c7cccc(-c8nc(-n9c%10ccccc%10c%10c%11c(ccc%12sc%13ccccc%13c%12%11)c%11c%12ccccc%12sc%11c%109)nc9oc%10ccccc%10c89)c7)ccc5sc4c4sc5ccccc5c46)nc4ccccc34)cc2)cc1. The second-order valence-electron chi connectivity index (χ2n) is 27.0. The molecule has 0 spiro atoms. The zero-order chi connectivity index (χ0) is 66.9. The van der Waals surface area contributed by atoms with E-state index >= 15 is 0 Å². The largest absolute Gasteiger partial charge is 0.437 e. The molecule has 9 heterocycles. The first-order valence-corrected chi connectivity index (χ1v) is 37.8. The highest BCUT2D eigenvalue weighted by Gasteiger charge is 2.29. The van der Waals surface area contributed by atoms with Crippen molar-refractivity contribution in [3.63, 3.8) is 0 Å². The van der Waals surface area contributed by atoms with E-state index in [0.29, 0.717) is 17.6 Å². The van der Waals surface area contributed by atoms with Crippen molar-refractivity contribution in [2.75, 3.05) is 0 Å². The van der Waals surface area contributed by atoms with Gasteiger partial charge in [0.05, 0.1) is 58.5 Å². The summed E-state index contributed by atoms with van der Waals surface area (Å²) in [5.41, 5.74) is 14.7. The number of benzene rings is 15. The molecule has 103 heavy (non-hydrogen) atoms. The molecule has 476 valence electrons. The van der Waals surface area contributed by atoms with Crippen molar-refractivity contribution < 1.29 is 4.42 Å². The lowest BCUT2D eigenvalue weighted by Crippen LogP contribution is -2.03. The van der Waals surface area contributed by atoms with Gasteiger partial charge in [-0.15, -0.1) is 45.3 Å². The number of rotatable bonds is 6. The van der Waals surface area contributed by atoms with Crippen molar-refractivity contribution in [2.45, 2.75) is 0 Å². The third-order valence-corrected chi connectivity index (χ3v) is 26.4. The lowest BCUT2D eigenvalue weighted by molar-refractivity contribution is 0.651. The Morgan fingerprint density at radius 3 is 1.54 bits per heavy atom. The van der Waals surface area contributed by atoms with Gasteiger partial charge in [-0.25, -0.2) is 15.0 Å². The average molecular weight is 1380 g/mol. The van der Waals surface area contributed by atoms with Gasteiger partial charge in [0.15, 0.2) is 0 Å². The summed E-state index contributed by atoms with van der Waals surface area (Å²) >= 11 is 7.52. The highest BCUT2D eigenvalue weighted by atomic mass is 32.1. The van der Waals surface area contributed by atoms with E-state index in [2.05, 4.69) is 288 Å². The summed E-state index contributed by atoms with van der Waals surface area (Å²) in [6.45, 7) is 0. The van der Waals surface area contributed by atoms with E-state index in [4.69, 9.17) is 24.4 Å². The van der Waals surface area contributed by atoms with Crippen LogP contribution in [0, 0.1) is 0 Å². The zero-order valence-corrected chi connectivity index (χ0v) is 57.7. The van der Waals surface area contributed by atoms with Gasteiger partial charge in [-0.3, -0.25) is 9.13 Å². The summed E-state index contributed by atoms with van der Waals surface area (Å²) in [4.78, 5) is 22.5. The van der Waals surface area contributed by atoms with Gasteiger partial charge in [0, 0.05) is 121 Å². The second kappa shape index (κ2) is 21.1. The monoisotopic (exact) mass is 1380 g/mol. The molecule has 0 radical (unpaired) electrons. The van der Waals surface area contributed by atoms with Crippen molar-refractivity contribution in [3.05, 3.63) is 291 Å². The van der Waals surface area contributed by atoms with Gasteiger partial charge < -0.3 is 4.42 Å². The van der Waals surface area contributed by atoms with E-state index in [1.54, 1.807) is 0 Å². The minimum atomic E-state index is 0.541. The fourth-order valence-corrected chi connectivity index (χ4v) is 22.1. The second-order valence-corrected chi connectivity index (χ2v) is 31.2. The first-order valence-electron chi connectivity index (χ1n) is 34.6. The summed E-state index contributed by atoms with van der Waals surface area (Å²) in [5, 5.41) is 22.6. The summed E-state index contributed by atoms with van der Waals surface area (Å²) in [6, 6.07) is 106. The van der Waals surface area contributed by atoms with E-state index in [1.807, 2.05) is 57.5 Å². The Kier molecular flexibility index (Phi) is 11.5. The van der Waals surface area contributed by atoms with Gasteiger partial charge in [0.1, 0.15) is 5.58 Å². The maximum atomic E-state index is 6.92. The molecule has 0 saturated carbocycles. The van der Waals surface area contributed by atoms with Crippen molar-refractivity contribution in [2.24, 2.45) is 0 Å². The Labute approximate surface area is 600 Å². The molecule has 7 nitrogen and oxygen atoms in total. The molecular formula is C92H48N6OS4. The standard InChI is InChI=1S/C92H48N6OS4/c1-2-19-49(20-3-1)50-37-39-51(40-38-50)84-55-23-4-11-30-65(55)93-91(94-84)97-66-31-12-5-24-56(66)77-68(97)44-42-62-76-64-48-53(41-45-73(64)103-88(76)89-82(79(62)77)61-29-10-17-36-72(61)102-89)52-21-18-22-54(47-52)85-83-58-26-7-14-33-69(58)99-90(83)96-92(95-85)98-67-32-13-6-25-57(67)81-80-63(43-46-74-78(80)60-28-9-15-34-70(60)100-74)75-59-27-8-16-35-71(59)101-87(75)86(81)98/h1-48H. The van der Waals surface area contributed by atoms with Crippen LogP contribution in [0.2, 0.25) is 0 Å².